The second kappa shape index (κ2) is 8.43. The van der Waals surface area contributed by atoms with Gasteiger partial charge in [0, 0.05) is 13.1 Å². The molecule has 0 saturated heterocycles. The van der Waals surface area contributed by atoms with Gasteiger partial charge >= 0.3 is 5.97 Å². The molecule has 0 unspecified atom stereocenters. The highest BCUT2D eigenvalue weighted by molar-refractivity contribution is 7.89. The Labute approximate surface area is 156 Å². The Balaban J connectivity index is 1.96. The van der Waals surface area contributed by atoms with Gasteiger partial charge in [-0.3, -0.25) is 4.79 Å². The Hall–Kier alpha value is -2.23. The minimum atomic E-state index is -3.54. The number of aromatic carboxylic acids is 1. The minimum absolute atomic E-state index is 0.0959. The van der Waals surface area contributed by atoms with Crippen LogP contribution in [0.4, 0.5) is 0 Å². The molecule has 0 fully saturated rings. The first-order chi connectivity index (χ1) is 12.2. The molecule has 0 aliphatic rings. The van der Waals surface area contributed by atoms with E-state index in [2.05, 4.69) is 10.0 Å². The molecule has 0 aliphatic carbocycles. The Bertz CT molecular complexity index is 886. The number of carboxylic acids is 1. The van der Waals surface area contributed by atoms with Crippen LogP contribution in [0.2, 0.25) is 0 Å². The van der Waals surface area contributed by atoms with E-state index in [0.717, 1.165) is 16.9 Å². The number of carbonyl (C=O) groups excluding carboxylic acids is 1. The summed E-state index contributed by atoms with van der Waals surface area (Å²) in [7, 11) is -3.54. The number of sulfonamides is 1. The van der Waals surface area contributed by atoms with Gasteiger partial charge in [0.25, 0.3) is 5.91 Å². The number of hydrogen-bond donors (Lipinski definition) is 3. The fourth-order valence-corrected chi connectivity index (χ4v) is 3.97. The van der Waals surface area contributed by atoms with Gasteiger partial charge in [-0.25, -0.2) is 17.9 Å². The molecule has 140 valence electrons. The number of rotatable bonds is 8. The maximum Gasteiger partial charge on any atom is 0.345 e. The summed E-state index contributed by atoms with van der Waals surface area (Å²) >= 11 is 0.899. The van der Waals surface area contributed by atoms with Gasteiger partial charge in [-0.15, -0.1) is 11.3 Å². The van der Waals surface area contributed by atoms with E-state index in [9.17, 15) is 18.0 Å². The van der Waals surface area contributed by atoms with E-state index < -0.39 is 16.0 Å². The van der Waals surface area contributed by atoms with Crippen LogP contribution in [0.15, 0.2) is 41.3 Å². The van der Waals surface area contributed by atoms with E-state index in [4.69, 9.17) is 5.11 Å². The molecule has 0 radical (unpaired) electrons. The predicted molar refractivity (Wildman–Crippen MR) is 98.9 cm³/mol. The van der Waals surface area contributed by atoms with Crippen molar-refractivity contribution in [1.82, 2.24) is 10.0 Å². The van der Waals surface area contributed by atoms with Crippen molar-refractivity contribution in [2.45, 2.75) is 25.3 Å². The van der Waals surface area contributed by atoms with Crippen LogP contribution < -0.4 is 10.0 Å². The van der Waals surface area contributed by atoms with Crippen molar-refractivity contribution in [1.29, 1.82) is 0 Å². The Kier molecular flexibility index (Phi) is 6.52. The van der Waals surface area contributed by atoms with E-state index in [1.54, 1.807) is 12.1 Å². The van der Waals surface area contributed by atoms with Gasteiger partial charge in [0.05, 0.1) is 9.77 Å². The highest BCUT2D eigenvalue weighted by Gasteiger charge is 2.15. The van der Waals surface area contributed by atoms with Crippen LogP contribution in [-0.2, 0) is 16.6 Å². The third-order valence-corrected chi connectivity index (χ3v) is 5.92. The van der Waals surface area contributed by atoms with E-state index >= 15 is 0 Å². The number of thiophene rings is 1. The minimum Gasteiger partial charge on any atom is -0.477 e. The lowest BCUT2D eigenvalue weighted by atomic mass is 10.2. The molecule has 0 aliphatic heterocycles. The molecule has 0 bridgehead atoms. The standard InChI is InChI=1S/C17H20N2O5S2/c1-11(2)9-19-26(23,24)13-5-3-12(4-6-13)10-18-16(20)14-7-8-15(25-14)17(21)22/h3-8,11,19H,9-10H2,1-2H3,(H,18,20)(H,21,22). The van der Waals surface area contributed by atoms with Crippen molar-refractivity contribution < 1.29 is 23.1 Å². The van der Waals surface area contributed by atoms with Crippen LogP contribution in [-0.4, -0.2) is 31.9 Å². The smallest absolute Gasteiger partial charge is 0.345 e. The van der Waals surface area contributed by atoms with Crippen LogP contribution in [0.3, 0.4) is 0 Å². The molecule has 3 N–H and O–H groups in total. The zero-order valence-electron chi connectivity index (χ0n) is 14.4. The number of carbonyl (C=O) groups is 2. The number of benzene rings is 1. The average Bonchev–Trinajstić information content (AvgIpc) is 3.09. The van der Waals surface area contributed by atoms with E-state index in [1.807, 2.05) is 13.8 Å². The average molecular weight is 396 g/mol. The summed E-state index contributed by atoms with van der Waals surface area (Å²) in [5.74, 6) is -1.24. The molecule has 26 heavy (non-hydrogen) atoms. The lowest BCUT2D eigenvalue weighted by molar-refractivity contribution is 0.0702. The zero-order chi connectivity index (χ0) is 19.3. The molecular formula is C17H20N2O5S2. The summed E-state index contributed by atoms with van der Waals surface area (Å²) < 4.78 is 26.8. The lowest BCUT2D eigenvalue weighted by Gasteiger charge is -2.09. The third-order valence-electron chi connectivity index (χ3n) is 3.41. The topological polar surface area (TPSA) is 113 Å². The normalized spacial score (nSPS) is 11.5. The molecule has 1 aromatic carbocycles. The predicted octanol–water partition coefficient (Wildman–Crippen LogP) is 2.31. The molecule has 0 atom stereocenters. The third kappa shape index (κ3) is 5.38. The SMILES string of the molecule is CC(C)CNS(=O)(=O)c1ccc(CNC(=O)c2ccc(C(=O)O)s2)cc1. The molecule has 2 aromatic rings. The zero-order valence-corrected chi connectivity index (χ0v) is 16.0. The Morgan fingerprint density at radius 2 is 1.69 bits per heavy atom. The van der Waals surface area contributed by atoms with Gasteiger partial charge < -0.3 is 10.4 Å². The fraction of sp³-hybridized carbons (Fsp3) is 0.294. The first kappa shape index (κ1) is 20.1. The van der Waals surface area contributed by atoms with Crippen LogP contribution >= 0.6 is 11.3 Å². The van der Waals surface area contributed by atoms with Gasteiger partial charge in [0.2, 0.25) is 10.0 Å². The van der Waals surface area contributed by atoms with Gasteiger partial charge in [0.15, 0.2) is 0 Å². The van der Waals surface area contributed by atoms with Crippen molar-refractivity contribution in [3.63, 3.8) is 0 Å². The van der Waals surface area contributed by atoms with E-state index in [-0.39, 0.29) is 28.1 Å². The van der Waals surface area contributed by atoms with Crippen LogP contribution in [0.1, 0.15) is 38.8 Å². The first-order valence-electron chi connectivity index (χ1n) is 7.89. The maximum atomic E-state index is 12.1. The van der Waals surface area contributed by atoms with Gasteiger partial charge in [0.1, 0.15) is 4.88 Å². The van der Waals surface area contributed by atoms with E-state index in [1.165, 1.54) is 24.3 Å². The summed E-state index contributed by atoms with van der Waals surface area (Å²) in [5, 5.41) is 11.6. The summed E-state index contributed by atoms with van der Waals surface area (Å²) in [6.07, 6.45) is 0. The maximum absolute atomic E-state index is 12.1. The summed E-state index contributed by atoms with van der Waals surface area (Å²) in [6, 6.07) is 9.06. The summed E-state index contributed by atoms with van der Waals surface area (Å²) in [4.78, 5) is 23.4. The van der Waals surface area contributed by atoms with Crippen LogP contribution in [0, 0.1) is 5.92 Å². The Morgan fingerprint density at radius 1 is 1.08 bits per heavy atom. The number of hydrogen-bond acceptors (Lipinski definition) is 5. The second-order valence-corrected chi connectivity index (χ2v) is 8.89. The quantitative estimate of drug-likeness (QED) is 0.634. The van der Waals surface area contributed by atoms with Crippen molar-refractivity contribution in [2.24, 2.45) is 5.92 Å². The van der Waals surface area contributed by atoms with Crippen molar-refractivity contribution in [3.05, 3.63) is 51.7 Å². The van der Waals surface area contributed by atoms with Crippen molar-refractivity contribution in [2.75, 3.05) is 6.54 Å². The molecular weight excluding hydrogens is 376 g/mol. The first-order valence-corrected chi connectivity index (χ1v) is 10.2. The number of amides is 1. The van der Waals surface area contributed by atoms with Gasteiger partial charge in [-0.2, -0.15) is 0 Å². The van der Waals surface area contributed by atoms with Crippen molar-refractivity contribution in [3.8, 4) is 0 Å². The highest BCUT2D eigenvalue weighted by Crippen LogP contribution is 2.16. The van der Waals surface area contributed by atoms with Crippen LogP contribution in [0.5, 0.6) is 0 Å². The Morgan fingerprint density at radius 3 is 2.23 bits per heavy atom. The second-order valence-electron chi connectivity index (χ2n) is 6.04. The van der Waals surface area contributed by atoms with Crippen molar-refractivity contribution >= 4 is 33.2 Å². The van der Waals surface area contributed by atoms with E-state index in [0.29, 0.717) is 11.4 Å². The number of carboxylic acid groups (broad SMARTS) is 1. The molecule has 0 spiro atoms. The molecule has 7 nitrogen and oxygen atoms in total. The number of nitrogens with one attached hydrogen (secondary N) is 2. The van der Waals surface area contributed by atoms with Crippen LogP contribution in [0.25, 0.3) is 0 Å². The highest BCUT2D eigenvalue weighted by atomic mass is 32.2. The fourth-order valence-electron chi connectivity index (χ4n) is 1.99. The summed E-state index contributed by atoms with van der Waals surface area (Å²) in [6.45, 7) is 4.40. The molecule has 2 rings (SSSR count). The lowest BCUT2D eigenvalue weighted by Crippen LogP contribution is -2.27. The monoisotopic (exact) mass is 396 g/mol. The summed E-state index contributed by atoms with van der Waals surface area (Å²) in [5.41, 5.74) is 0.733. The molecule has 1 amide bonds. The molecule has 0 saturated carbocycles. The molecule has 1 heterocycles. The van der Waals surface area contributed by atoms with Gasteiger partial charge in [-0.1, -0.05) is 26.0 Å². The molecule has 9 heteroatoms. The molecule has 1 aromatic heterocycles. The van der Waals surface area contributed by atoms with Gasteiger partial charge in [-0.05, 0) is 35.7 Å². The largest absolute Gasteiger partial charge is 0.477 e.